The van der Waals surface area contributed by atoms with Gasteiger partial charge in [0.2, 0.25) is 0 Å². The molecule has 8 nitrogen and oxygen atoms in total. The standard InChI is InChI=1S/C17H23N3O5/c1-3-11-25-17(23)20-10-6-9-19(20)16(22)18-14-8-5-7-13(12-14)15(21)24-4-2/h5,7-8,12H,3-4,6,9-11H2,1-2H3,(H,18,22). The first-order valence-corrected chi connectivity index (χ1v) is 8.36. The Labute approximate surface area is 146 Å². The number of ether oxygens (including phenoxy) is 2. The lowest BCUT2D eigenvalue weighted by atomic mass is 10.2. The molecule has 1 aliphatic rings. The lowest BCUT2D eigenvalue weighted by Crippen LogP contribution is -2.47. The Balaban J connectivity index is 2.02. The number of urea groups is 1. The van der Waals surface area contributed by atoms with E-state index in [2.05, 4.69) is 5.32 Å². The minimum absolute atomic E-state index is 0.276. The van der Waals surface area contributed by atoms with E-state index in [9.17, 15) is 14.4 Å². The van der Waals surface area contributed by atoms with E-state index >= 15 is 0 Å². The number of amides is 3. The summed E-state index contributed by atoms with van der Waals surface area (Å²) in [5, 5.41) is 5.30. The number of nitrogens with zero attached hydrogens (tertiary/aromatic N) is 2. The summed E-state index contributed by atoms with van der Waals surface area (Å²) in [4.78, 5) is 36.2. The number of hydrogen-bond acceptors (Lipinski definition) is 5. The van der Waals surface area contributed by atoms with E-state index in [0.717, 1.165) is 0 Å². The van der Waals surface area contributed by atoms with E-state index in [-0.39, 0.29) is 6.61 Å². The molecule has 0 aromatic heterocycles. The Bertz CT molecular complexity index is 634. The molecule has 0 radical (unpaired) electrons. The summed E-state index contributed by atoms with van der Waals surface area (Å²) in [6, 6.07) is 6.01. The fourth-order valence-electron chi connectivity index (χ4n) is 2.40. The zero-order chi connectivity index (χ0) is 18.2. The minimum Gasteiger partial charge on any atom is -0.462 e. The molecule has 1 fully saturated rings. The summed E-state index contributed by atoms with van der Waals surface area (Å²) in [5.41, 5.74) is 0.796. The maximum atomic E-state index is 12.5. The van der Waals surface area contributed by atoms with Gasteiger partial charge in [-0.2, -0.15) is 0 Å². The van der Waals surface area contributed by atoms with E-state index in [1.807, 2.05) is 6.92 Å². The van der Waals surface area contributed by atoms with Gasteiger partial charge in [0, 0.05) is 18.8 Å². The van der Waals surface area contributed by atoms with Gasteiger partial charge >= 0.3 is 18.1 Å². The molecule has 1 saturated heterocycles. The van der Waals surface area contributed by atoms with Crippen LogP contribution in [0.1, 0.15) is 37.0 Å². The van der Waals surface area contributed by atoms with Crippen LogP contribution in [-0.2, 0) is 9.47 Å². The van der Waals surface area contributed by atoms with Crippen LogP contribution in [0.2, 0.25) is 0 Å². The molecule has 0 unspecified atom stereocenters. The highest BCUT2D eigenvalue weighted by atomic mass is 16.6. The molecule has 1 N–H and O–H groups in total. The molecule has 1 heterocycles. The van der Waals surface area contributed by atoms with Crippen LogP contribution in [0.4, 0.5) is 15.3 Å². The van der Waals surface area contributed by atoms with Gasteiger partial charge in [0.05, 0.1) is 18.8 Å². The molecule has 1 aromatic rings. The van der Waals surface area contributed by atoms with Gasteiger partial charge in [0.25, 0.3) is 0 Å². The summed E-state index contributed by atoms with van der Waals surface area (Å²) in [6.07, 6.45) is 0.860. The monoisotopic (exact) mass is 349 g/mol. The predicted molar refractivity (Wildman–Crippen MR) is 91.1 cm³/mol. The Morgan fingerprint density at radius 2 is 1.88 bits per heavy atom. The molecule has 2 rings (SSSR count). The van der Waals surface area contributed by atoms with Gasteiger partial charge in [-0.05, 0) is 38.0 Å². The third kappa shape index (κ3) is 4.85. The van der Waals surface area contributed by atoms with Crippen LogP contribution in [0.3, 0.4) is 0 Å². The SMILES string of the molecule is CCCOC(=O)N1CCCN1C(=O)Nc1cccc(C(=O)OCC)c1. The molecule has 0 spiro atoms. The molecular weight excluding hydrogens is 326 g/mol. The molecule has 0 bridgehead atoms. The Kier molecular flexibility index (Phi) is 6.62. The Morgan fingerprint density at radius 1 is 1.12 bits per heavy atom. The zero-order valence-electron chi connectivity index (χ0n) is 14.5. The van der Waals surface area contributed by atoms with Gasteiger partial charge in [-0.15, -0.1) is 0 Å². The lowest BCUT2D eigenvalue weighted by Gasteiger charge is -2.27. The minimum atomic E-state index is -0.533. The molecular formula is C17H23N3O5. The van der Waals surface area contributed by atoms with Gasteiger partial charge in [-0.25, -0.2) is 24.4 Å². The van der Waals surface area contributed by atoms with Crippen LogP contribution in [0.5, 0.6) is 0 Å². The Hall–Kier alpha value is -2.77. The number of rotatable bonds is 5. The van der Waals surface area contributed by atoms with Crippen LogP contribution in [0.25, 0.3) is 0 Å². The molecule has 136 valence electrons. The molecule has 8 heteroatoms. The average Bonchev–Trinajstić information content (AvgIpc) is 3.10. The fourth-order valence-corrected chi connectivity index (χ4v) is 2.40. The first kappa shape index (κ1) is 18.6. The third-order valence-electron chi connectivity index (χ3n) is 3.53. The van der Waals surface area contributed by atoms with Crippen molar-refractivity contribution in [1.82, 2.24) is 10.0 Å². The molecule has 0 saturated carbocycles. The van der Waals surface area contributed by atoms with Crippen molar-refractivity contribution in [1.29, 1.82) is 0 Å². The number of hydrazine groups is 1. The highest BCUT2D eigenvalue weighted by Gasteiger charge is 2.31. The van der Waals surface area contributed by atoms with E-state index in [0.29, 0.717) is 43.8 Å². The summed E-state index contributed by atoms with van der Waals surface area (Å²) in [5.74, 6) is -0.454. The normalized spacial score (nSPS) is 13.5. The van der Waals surface area contributed by atoms with Gasteiger partial charge in [0.15, 0.2) is 0 Å². The number of carbonyl (C=O) groups excluding carboxylic acids is 3. The van der Waals surface area contributed by atoms with Crippen LogP contribution >= 0.6 is 0 Å². The van der Waals surface area contributed by atoms with Gasteiger partial charge in [-0.1, -0.05) is 13.0 Å². The van der Waals surface area contributed by atoms with Crippen LogP contribution < -0.4 is 5.32 Å². The molecule has 1 aromatic carbocycles. The number of carbonyl (C=O) groups is 3. The van der Waals surface area contributed by atoms with Crippen molar-refractivity contribution in [2.75, 3.05) is 31.6 Å². The second-order valence-corrected chi connectivity index (χ2v) is 5.45. The van der Waals surface area contributed by atoms with E-state index in [1.165, 1.54) is 16.1 Å². The summed E-state index contributed by atoms with van der Waals surface area (Å²) in [6.45, 7) is 5.06. The summed E-state index contributed by atoms with van der Waals surface area (Å²) in [7, 11) is 0. The van der Waals surface area contributed by atoms with Crippen LogP contribution in [0, 0.1) is 0 Å². The lowest BCUT2D eigenvalue weighted by molar-refractivity contribution is 0.0394. The number of hydrogen-bond donors (Lipinski definition) is 1. The highest BCUT2D eigenvalue weighted by Crippen LogP contribution is 2.17. The van der Waals surface area contributed by atoms with Crippen molar-refractivity contribution >= 4 is 23.8 Å². The van der Waals surface area contributed by atoms with E-state index in [1.54, 1.807) is 25.1 Å². The van der Waals surface area contributed by atoms with Crippen molar-refractivity contribution < 1.29 is 23.9 Å². The molecule has 1 aliphatic heterocycles. The number of benzene rings is 1. The Morgan fingerprint density at radius 3 is 2.60 bits per heavy atom. The highest BCUT2D eigenvalue weighted by molar-refractivity contribution is 5.94. The average molecular weight is 349 g/mol. The third-order valence-corrected chi connectivity index (χ3v) is 3.53. The smallest absolute Gasteiger partial charge is 0.428 e. The maximum absolute atomic E-state index is 12.5. The zero-order valence-corrected chi connectivity index (χ0v) is 14.5. The summed E-state index contributed by atoms with van der Waals surface area (Å²) >= 11 is 0. The first-order valence-electron chi connectivity index (χ1n) is 8.36. The predicted octanol–water partition coefficient (Wildman–Crippen LogP) is 2.86. The molecule has 25 heavy (non-hydrogen) atoms. The molecule has 0 aliphatic carbocycles. The van der Waals surface area contributed by atoms with E-state index in [4.69, 9.17) is 9.47 Å². The fraction of sp³-hybridized carbons (Fsp3) is 0.471. The quantitative estimate of drug-likeness (QED) is 0.826. The van der Waals surface area contributed by atoms with Crippen molar-refractivity contribution in [3.8, 4) is 0 Å². The second kappa shape index (κ2) is 8.91. The van der Waals surface area contributed by atoms with Crippen molar-refractivity contribution in [2.24, 2.45) is 0 Å². The maximum Gasteiger partial charge on any atom is 0.428 e. The summed E-state index contributed by atoms with van der Waals surface area (Å²) < 4.78 is 10.0. The van der Waals surface area contributed by atoms with Gasteiger partial charge in [-0.3, -0.25) is 0 Å². The van der Waals surface area contributed by atoms with Crippen molar-refractivity contribution in [2.45, 2.75) is 26.7 Å². The number of nitrogens with one attached hydrogen (secondary N) is 1. The first-order chi connectivity index (χ1) is 12.1. The molecule has 3 amide bonds. The number of anilines is 1. The van der Waals surface area contributed by atoms with Gasteiger partial charge in [0.1, 0.15) is 0 Å². The van der Waals surface area contributed by atoms with E-state index < -0.39 is 18.1 Å². The van der Waals surface area contributed by atoms with Crippen molar-refractivity contribution in [3.05, 3.63) is 29.8 Å². The molecule has 0 atom stereocenters. The van der Waals surface area contributed by atoms with Crippen molar-refractivity contribution in [3.63, 3.8) is 0 Å². The largest absolute Gasteiger partial charge is 0.462 e. The topological polar surface area (TPSA) is 88.2 Å². The van der Waals surface area contributed by atoms with Gasteiger partial charge < -0.3 is 14.8 Å². The second-order valence-electron chi connectivity index (χ2n) is 5.45. The van der Waals surface area contributed by atoms with Crippen LogP contribution in [0.15, 0.2) is 24.3 Å². The van der Waals surface area contributed by atoms with Crippen LogP contribution in [-0.4, -0.2) is 54.4 Å². The number of esters is 1.